The quantitative estimate of drug-likeness (QED) is 0.737. The average molecular weight is 227 g/mol. The molecule has 2 saturated heterocycles. The Hall–Kier alpha value is -0.120. The molecular weight excluding hydrogens is 202 g/mol. The molecule has 2 aliphatic rings. The number of nitrogens with zero attached hydrogens (tertiary/aromatic N) is 1. The maximum absolute atomic E-state index is 5.94. The first-order valence-electron chi connectivity index (χ1n) is 6.66. The molecule has 2 heterocycles. The number of rotatable bonds is 4. The molecule has 0 N–H and O–H groups in total. The minimum Gasteiger partial charge on any atom is -0.375 e. The Kier molecular flexibility index (Phi) is 3.88. The molecule has 3 heteroatoms. The van der Waals surface area contributed by atoms with Crippen molar-refractivity contribution in [2.45, 2.75) is 83.8 Å². The van der Waals surface area contributed by atoms with Crippen LogP contribution in [0, 0.1) is 0 Å². The Labute approximate surface area is 99.0 Å². The smallest absolute Gasteiger partial charge is 0.0737 e. The van der Waals surface area contributed by atoms with Crippen LogP contribution in [0.4, 0.5) is 0 Å². The van der Waals surface area contributed by atoms with Gasteiger partial charge < -0.3 is 4.74 Å². The van der Waals surface area contributed by atoms with E-state index >= 15 is 0 Å². The molecule has 0 saturated carbocycles. The number of hydrogen-bond acceptors (Lipinski definition) is 3. The zero-order valence-electron chi connectivity index (χ0n) is 11.0. The van der Waals surface area contributed by atoms with Gasteiger partial charge in [-0.1, -0.05) is 0 Å². The number of fused-ring (bicyclic) bond motifs is 2. The summed E-state index contributed by atoms with van der Waals surface area (Å²) in [5, 5.41) is 2.25. The predicted molar refractivity (Wildman–Crippen MR) is 64.1 cm³/mol. The van der Waals surface area contributed by atoms with Crippen LogP contribution in [0.2, 0.25) is 0 Å². The van der Waals surface area contributed by atoms with Crippen molar-refractivity contribution in [3.8, 4) is 0 Å². The van der Waals surface area contributed by atoms with E-state index < -0.39 is 0 Å². The molecule has 3 nitrogen and oxygen atoms in total. The topological polar surface area (TPSA) is 21.7 Å². The largest absolute Gasteiger partial charge is 0.375 e. The van der Waals surface area contributed by atoms with E-state index in [1.807, 2.05) is 0 Å². The molecule has 0 aliphatic carbocycles. The molecule has 2 fully saturated rings. The summed E-state index contributed by atoms with van der Waals surface area (Å²) in [7, 11) is 0. The van der Waals surface area contributed by atoms with Crippen molar-refractivity contribution in [3.63, 3.8) is 0 Å². The maximum Gasteiger partial charge on any atom is 0.0737 e. The first kappa shape index (κ1) is 12.3. The molecule has 0 radical (unpaired) electrons. The van der Waals surface area contributed by atoms with Crippen LogP contribution in [0.5, 0.6) is 0 Å². The van der Waals surface area contributed by atoms with Gasteiger partial charge in [-0.05, 0) is 53.4 Å². The molecule has 2 bridgehead atoms. The van der Waals surface area contributed by atoms with E-state index in [2.05, 4.69) is 32.8 Å². The van der Waals surface area contributed by atoms with Gasteiger partial charge >= 0.3 is 0 Å². The first-order valence-corrected chi connectivity index (χ1v) is 6.66. The lowest BCUT2D eigenvalue weighted by Crippen LogP contribution is -2.46. The summed E-state index contributed by atoms with van der Waals surface area (Å²) in [5.74, 6) is 0. The second kappa shape index (κ2) is 5.03. The van der Waals surface area contributed by atoms with Crippen LogP contribution >= 0.6 is 0 Å². The highest BCUT2D eigenvalue weighted by Crippen LogP contribution is 2.37. The van der Waals surface area contributed by atoms with Crippen LogP contribution in [0.1, 0.15) is 53.4 Å². The van der Waals surface area contributed by atoms with Crippen LogP contribution < -0.4 is 0 Å². The van der Waals surface area contributed by atoms with Crippen molar-refractivity contribution in [3.05, 3.63) is 0 Å². The normalized spacial score (nSPS) is 35.2. The van der Waals surface area contributed by atoms with Gasteiger partial charge in [0.2, 0.25) is 0 Å². The zero-order chi connectivity index (χ0) is 11.7. The minimum absolute atomic E-state index is 0.297. The predicted octanol–water partition coefficient (Wildman–Crippen LogP) is 2.75. The third-order valence-electron chi connectivity index (χ3n) is 3.42. The van der Waals surface area contributed by atoms with Crippen LogP contribution in [-0.2, 0) is 9.57 Å². The molecule has 0 spiro atoms. The highest BCUT2D eigenvalue weighted by Gasteiger charge is 2.42. The SMILES string of the molecule is CC(C)OC1C[C@H]2CC[C@@H](C1)N2OC(C)C. The lowest BCUT2D eigenvalue weighted by Gasteiger charge is -2.39. The summed E-state index contributed by atoms with van der Waals surface area (Å²) in [4.78, 5) is 5.91. The summed E-state index contributed by atoms with van der Waals surface area (Å²) in [5.41, 5.74) is 0. The van der Waals surface area contributed by atoms with Gasteiger partial charge in [0.05, 0.1) is 18.3 Å². The Balaban J connectivity index is 1.90. The monoisotopic (exact) mass is 227 g/mol. The van der Waals surface area contributed by atoms with Gasteiger partial charge in [0.25, 0.3) is 0 Å². The van der Waals surface area contributed by atoms with E-state index in [1.54, 1.807) is 0 Å². The molecule has 2 aliphatic heterocycles. The Morgan fingerprint density at radius 2 is 1.50 bits per heavy atom. The fraction of sp³-hybridized carbons (Fsp3) is 1.00. The summed E-state index contributed by atoms with van der Waals surface area (Å²) >= 11 is 0. The van der Waals surface area contributed by atoms with Crippen LogP contribution in [0.3, 0.4) is 0 Å². The third-order valence-corrected chi connectivity index (χ3v) is 3.42. The molecule has 94 valence electrons. The Morgan fingerprint density at radius 1 is 0.938 bits per heavy atom. The highest BCUT2D eigenvalue weighted by atomic mass is 16.7. The Morgan fingerprint density at radius 3 is 1.94 bits per heavy atom. The van der Waals surface area contributed by atoms with E-state index in [9.17, 15) is 0 Å². The summed E-state index contributed by atoms with van der Waals surface area (Å²) in [6, 6.07) is 1.18. The van der Waals surface area contributed by atoms with Gasteiger partial charge in [-0.2, -0.15) is 5.06 Å². The number of piperidine rings is 1. The van der Waals surface area contributed by atoms with Crippen LogP contribution in [0.15, 0.2) is 0 Å². The fourth-order valence-electron chi connectivity index (χ4n) is 3.00. The van der Waals surface area contributed by atoms with Gasteiger partial charge in [0.1, 0.15) is 0 Å². The Bertz CT molecular complexity index is 216. The lowest BCUT2D eigenvalue weighted by atomic mass is 10.0. The molecule has 0 amide bonds. The van der Waals surface area contributed by atoms with Crippen molar-refractivity contribution < 1.29 is 9.57 Å². The maximum atomic E-state index is 5.94. The molecular formula is C13H25NO2. The standard InChI is InChI=1S/C13H25NO2/c1-9(2)15-13-7-11-5-6-12(8-13)14(11)16-10(3)4/h9-13H,5-8H2,1-4H3/t11-,12+,13?. The van der Waals surface area contributed by atoms with E-state index in [4.69, 9.17) is 9.57 Å². The molecule has 0 aromatic rings. The van der Waals surface area contributed by atoms with Crippen molar-refractivity contribution >= 4 is 0 Å². The van der Waals surface area contributed by atoms with E-state index in [0.717, 1.165) is 12.8 Å². The summed E-state index contributed by atoms with van der Waals surface area (Å²) in [6.45, 7) is 8.46. The summed E-state index contributed by atoms with van der Waals surface area (Å²) < 4.78 is 5.94. The van der Waals surface area contributed by atoms with Crippen molar-refractivity contribution in [1.29, 1.82) is 0 Å². The molecule has 3 atom stereocenters. The zero-order valence-corrected chi connectivity index (χ0v) is 11.0. The van der Waals surface area contributed by atoms with Gasteiger partial charge in [-0.25, -0.2) is 0 Å². The van der Waals surface area contributed by atoms with Crippen molar-refractivity contribution in [2.24, 2.45) is 0 Å². The molecule has 2 rings (SSSR count). The second-order valence-corrected chi connectivity index (χ2v) is 5.68. The average Bonchev–Trinajstić information content (AvgIpc) is 2.43. The van der Waals surface area contributed by atoms with Gasteiger partial charge in [0, 0.05) is 12.1 Å². The molecule has 0 aromatic heterocycles. The highest BCUT2D eigenvalue weighted by molar-refractivity contribution is 4.92. The minimum atomic E-state index is 0.297. The van der Waals surface area contributed by atoms with Crippen LogP contribution in [-0.4, -0.2) is 35.5 Å². The van der Waals surface area contributed by atoms with E-state index in [1.165, 1.54) is 12.8 Å². The van der Waals surface area contributed by atoms with Gasteiger partial charge in [0.15, 0.2) is 0 Å². The van der Waals surface area contributed by atoms with Gasteiger partial charge in [-0.15, -0.1) is 0 Å². The van der Waals surface area contributed by atoms with Crippen LogP contribution in [0.25, 0.3) is 0 Å². The second-order valence-electron chi connectivity index (χ2n) is 5.68. The third kappa shape index (κ3) is 2.76. The number of hydrogen-bond donors (Lipinski definition) is 0. The van der Waals surface area contributed by atoms with Gasteiger partial charge in [-0.3, -0.25) is 4.84 Å². The van der Waals surface area contributed by atoms with Crippen molar-refractivity contribution in [1.82, 2.24) is 5.06 Å². The van der Waals surface area contributed by atoms with E-state index in [0.29, 0.717) is 30.4 Å². The molecule has 0 aromatic carbocycles. The number of ether oxygens (including phenoxy) is 1. The van der Waals surface area contributed by atoms with Crippen molar-refractivity contribution in [2.75, 3.05) is 0 Å². The van der Waals surface area contributed by atoms with E-state index in [-0.39, 0.29) is 0 Å². The first-order chi connectivity index (χ1) is 7.56. The fourth-order valence-corrected chi connectivity index (χ4v) is 3.00. The molecule has 1 unspecified atom stereocenters. The number of hydroxylamine groups is 2. The summed E-state index contributed by atoms with van der Waals surface area (Å²) in [6.07, 6.45) is 5.92. The molecule has 16 heavy (non-hydrogen) atoms. The lowest BCUT2D eigenvalue weighted by molar-refractivity contribution is -0.242.